The molecule has 0 N–H and O–H groups in total. The molecule has 0 bridgehead atoms. The van der Waals surface area contributed by atoms with E-state index in [1.165, 1.54) is 18.5 Å². The van der Waals surface area contributed by atoms with Gasteiger partial charge in [-0.1, -0.05) is 0 Å². The summed E-state index contributed by atoms with van der Waals surface area (Å²) in [6.45, 7) is 3.99. The molecule has 1 aromatic rings. The van der Waals surface area contributed by atoms with Crippen molar-refractivity contribution in [2.45, 2.75) is 51.6 Å². The molecule has 0 spiro atoms. The summed E-state index contributed by atoms with van der Waals surface area (Å²) in [6, 6.07) is 2.37. The van der Waals surface area contributed by atoms with Gasteiger partial charge in [0.15, 0.2) is 5.69 Å². The van der Waals surface area contributed by atoms with Crippen LogP contribution in [0.3, 0.4) is 0 Å². The van der Waals surface area contributed by atoms with Gasteiger partial charge < -0.3 is 4.90 Å². The molecule has 1 aromatic heterocycles. The Morgan fingerprint density at radius 3 is 2.94 bits per heavy atom. The highest BCUT2D eigenvalue weighted by Crippen LogP contribution is 2.21. The predicted octanol–water partition coefficient (Wildman–Crippen LogP) is 1.84. The maximum Gasteiger partial charge on any atom is 0.274 e. The SMILES string of the molecule is CC1CCCN1C(=O)c1cc2n(n1)CCCC2. The fourth-order valence-corrected chi connectivity index (χ4v) is 2.90. The largest absolute Gasteiger partial charge is 0.335 e. The van der Waals surface area contributed by atoms with Gasteiger partial charge in [-0.05, 0) is 45.1 Å². The molecule has 1 amide bonds. The third-order valence-corrected chi connectivity index (χ3v) is 3.95. The van der Waals surface area contributed by atoms with Gasteiger partial charge in [0.25, 0.3) is 5.91 Å². The highest BCUT2D eigenvalue weighted by atomic mass is 16.2. The van der Waals surface area contributed by atoms with Crippen LogP contribution in [0.25, 0.3) is 0 Å². The van der Waals surface area contributed by atoms with Gasteiger partial charge in [0.1, 0.15) is 0 Å². The van der Waals surface area contributed by atoms with E-state index in [-0.39, 0.29) is 5.91 Å². The summed E-state index contributed by atoms with van der Waals surface area (Å²) in [5, 5.41) is 4.46. The van der Waals surface area contributed by atoms with Crippen LogP contribution in [-0.2, 0) is 13.0 Å². The van der Waals surface area contributed by atoms with Crippen LogP contribution in [0.1, 0.15) is 48.8 Å². The minimum absolute atomic E-state index is 0.122. The molecule has 4 nitrogen and oxygen atoms in total. The molecule has 2 aliphatic rings. The van der Waals surface area contributed by atoms with Gasteiger partial charge in [-0.3, -0.25) is 9.48 Å². The van der Waals surface area contributed by atoms with Gasteiger partial charge in [-0.2, -0.15) is 5.10 Å². The average Bonchev–Trinajstić information content (AvgIpc) is 2.93. The van der Waals surface area contributed by atoms with E-state index in [0.29, 0.717) is 11.7 Å². The maximum atomic E-state index is 12.3. The summed E-state index contributed by atoms with van der Waals surface area (Å²) in [5.41, 5.74) is 1.88. The second kappa shape index (κ2) is 4.17. The van der Waals surface area contributed by atoms with Crippen LogP contribution < -0.4 is 0 Å². The summed E-state index contributed by atoms with van der Waals surface area (Å²) in [5.74, 6) is 0.122. The van der Waals surface area contributed by atoms with Crippen molar-refractivity contribution >= 4 is 5.91 Å². The first-order chi connectivity index (χ1) is 8.25. The molecule has 3 heterocycles. The van der Waals surface area contributed by atoms with Gasteiger partial charge in [0.05, 0.1) is 0 Å². The summed E-state index contributed by atoms with van der Waals surface area (Å²) >= 11 is 0. The van der Waals surface area contributed by atoms with Gasteiger partial charge in [0.2, 0.25) is 0 Å². The fraction of sp³-hybridized carbons (Fsp3) is 0.692. The number of carbonyl (C=O) groups excluding carboxylic acids is 1. The number of nitrogens with zero attached hydrogens (tertiary/aromatic N) is 3. The smallest absolute Gasteiger partial charge is 0.274 e. The highest BCUT2D eigenvalue weighted by Gasteiger charge is 2.28. The third-order valence-electron chi connectivity index (χ3n) is 3.95. The van der Waals surface area contributed by atoms with Crippen LogP contribution in [-0.4, -0.2) is 33.2 Å². The van der Waals surface area contributed by atoms with E-state index in [1.807, 2.05) is 15.6 Å². The van der Waals surface area contributed by atoms with Crippen LogP contribution in [0.2, 0.25) is 0 Å². The molecule has 1 saturated heterocycles. The van der Waals surface area contributed by atoms with E-state index in [2.05, 4.69) is 12.0 Å². The second-order valence-electron chi connectivity index (χ2n) is 5.19. The molecule has 1 atom stereocenters. The molecule has 3 rings (SSSR count). The van der Waals surface area contributed by atoms with E-state index in [0.717, 1.165) is 32.4 Å². The number of rotatable bonds is 1. The first-order valence-electron chi connectivity index (χ1n) is 6.63. The van der Waals surface area contributed by atoms with Gasteiger partial charge in [-0.15, -0.1) is 0 Å². The zero-order chi connectivity index (χ0) is 11.8. The monoisotopic (exact) mass is 233 g/mol. The molecule has 2 aliphatic heterocycles. The van der Waals surface area contributed by atoms with Crippen LogP contribution in [0.5, 0.6) is 0 Å². The van der Waals surface area contributed by atoms with E-state index in [4.69, 9.17) is 0 Å². The first kappa shape index (κ1) is 10.8. The lowest BCUT2D eigenvalue weighted by molar-refractivity contribution is 0.0740. The fourth-order valence-electron chi connectivity index (χ4n) is 2.90. The number of aryl methyl sites for hydroxylation is 2. The number of amides is 1. The number of carbonyl (C=O) groups is 1. The maximum absolute atomic E-state index is 12.3. The van der Waals surface area contributed by atoms with Gasteiger partial charge >= 0.3 is 0 Å². The van der Waals surface area contributed by atoms with Crippen LogP contribution in [0.15, 0.2) is 6.07 Å². The zero-order valence-corrected chi connectivity index (χ0v) is 10.4. The molecule has 0 saturated carbocycles. The van der Waals surface area contributed by atoms with Crippen LogP contribution in [0.4, 0.5) is 0 Å². The Hall–Kier alpha value is -1.32. The Balaban J connectivity index is 1.83. The predicted molar refractivity (Wildman–Crippen MR) is 64.9 cm³/mol. The van der Waals surface area contributed by atoms with Crippen molar-refractivity contribution in [3.8, 4) is 0 Å². The Kier molecular flexibility index (Phi) is 2.65. The third kappa shape index (κ3) is 1.85. The topological polar surface area (TPSA) is 38.1 Å². The van der Waals surface area contributed by atoms with Crippen molar-refractivity contribution < 1.29 is 4.79 Å². The Bertz CT molecular complexity index is 414. The Morgan fingerprint density at radius 1 is 1.35 bits per heavy atom. The summed E-state index contributed by atoms with van der Waals surface area (Å²) < 4.78 is 2.01. The average molecular weight is 233 g/mol. The number of hydrogen-bond acceptors (Lipinski definition) is 2. The quantitative estimate of drug-likeness (QED) is 0.742. The molecule has 17 heavy (non-hydrogen) atoms. The first-order valence-corrected chi connectivity index (χ1v) is 6.63. The van der Waals surface area contributed by atoms with Gasteiger partial charge in [-0.25, -0.2) is 0 Å². The van der Waals surface area contributed by atoms with Crippen molar-refractivity contribution in [1.29, 1.82) is 0 Å². The Morgan fingerprint density at radius 2 is 2.24 bits per heavy atom. The van der Waals surface area contributed by atoms with E-state index >= 15 is 0 Å². The molecule has 0 aromatic carbocycles. The number of likely N-dealkylation sites (tertiary alicyclic amines) is 1. The molecular formula is C13H19N3O. The molecule has 4 heteroatoms. The molecule has 92 valence electrons. The van der Waals surface area contributed by atoms with E-state index < -0.39 is 0 Å². The lowest BCUT2D eigenvalue weighted by Gasteiger charge is -2.19. The lowest BCUT2D eigenvalue weighted by atomic mass is 10.1. The number of hydrogen-bond donors (Lipinski definition) is 0. The summed E-state index contributed by atoms with van der Waals surface area (Å²) in [4.78, 5) is 14.3. The molecule has 0 aliphatic carbocycles. The van der Waals surface area contributed by atoms with Crippen molar-refractivity contribution in [3.05, 3.63) is 17.5 Å². The normalized spacial score (nSPS) is 23.8. The van der Waals surface area contributed by atoms with Crippen molar-refractivity contribution in [2.75, 3.05) is 6.54 Å². The lowest BCUT2D eigenvalue weighted by Crippen LogP contribution is -2.33. The standard InChI is InChI=1S/C13H19N3O/c1-10-5-4-7-15(10)13(17)12-9-11-6-2-3-8-16(11)14-12/h9-10H,2-8H2,1H3. The zero-order valence-electron chi connectivity index (χ0n) is 10.4. The van der Waals surface area contributed by atoms with Crippen molar-refractivity contribution in [2.24, 2.45) is 0 Å². The number of fused-ring (bicyclic) bond motifs is 1. The second-order valence-corrected chi connectivity index (χ2v) is 5.19. The van der Waals surface area contributed by atoms with Gasteiger partial charge in [0, 0.05) is 24.8 Å². The Labute approximate surface area is 102 Å². The van der Waals surface area contributed by atoms with Crippen molar-refractivity contribution in [3.63, 3.8) is 0 Å². The molecular weight excluding hydrogens is 214 g/mol. The highest BCUT2D eigenvalue weighted by molar-refractivity contribution is 5.92. The summed E-state index contributed by atoms with van der Waals surface area (Å²) in [6.07, 6.45) is 5.72. The molecule has 0 radical (unpaired) electrons. The van der Waals surface area contributed by atoms with E-state index in [9.17, 15) is 4.79 Å². The van der Waals surface area contributed by atoms with E-state index in [1.54, 1.807) is 0 Å². The number of aromatic nitrogens is 2. The van der Waals surface area contributed by atoms with Crippen LogP contribution >= 0.6 is 0 Å². The minimum atomic E-state index is 0.122. The van der Waals surface area contributed by atoms with Crippen LogP contribution in [0, 0.1) is 0 Å². The van der Waals surface area contributed by atoms with Crippen molar-refractivity contribution in [1.82, 2.24) is 14.7 Å². The molecule has 1 unspecified atom stereocenters. The minimum Gasteiger partial charge on any atom is -0.335 e. The molecule has 1 fully saturated rings. The summed E-state index contributed by atoms with van der Waals surface area (Å²) in [7, 11) is 0.